The van der Waals surface area contributed by atoms with Crippen molar-refractivity contribution in [2.45, 2.75) is 0 Å². The van der Waals surface area contributed by atoms with Crippen LogP contribution in [0.1, 0.15) is 0 Å². The maximum Gasteiger partial charge on any atom is 0.306 e. The van der Waals surface area contributed by atoms with Crippen LogP contribution in [0.5, 0.6) is 0 Å². The van der Waals surface area contributed by atoms with Crippen LogP contribution >= 0.6 is 11.6 Å². The molecular formula is C14H8ClFN4O2. The van der Waals surface area contributed by atoms with E-state index in [-0.39, 0.29) is 0 Å². The molecule has 0 atom stereocenters. The molecule has 1 heterocycles. The molecule has 110 valence electrons. The summed E-state index contributed by atoms with van der Waals surface area (Å²) in [6, 6.07) is 10.5. The second-order valence-corrected chi connectivity index (χ2v) is 4.84. The highest BCUT2D eigenvalue weighted by Gasteiger charge is 2.17. The number of hydrogen-bond donors (Lipinski definition) is 0. The molecule has 0 fully saturated rings. The molecule has 8 heteroatoms. The Bertz CT molecular complexity index is 866. The van der Waals surface area contributed by atoms with Crippen LogP contribution in [0, 0.1) is 15.9 Å². The molecule has 0 aliphatic rings. The van der Waals surface area contributed by atoms with Crippen molar-refractivity contribution in [1.82, 2.24) is 14.8 Å². The van der Waals surface area contributed by atoms with Gasteiger partial charge in [0.25, 0.3) is 0 Å². The molecule has 2 aromatic carbocycles. The minimum absolute atomic E-state index is 0.334. The zero-order valence-corrected chi connectivity index (χ0v) is 11.7. The summed E-state index contributed by atoms with van der Waals surface area (Å²) < 4.78 is 14.8. The van der Waals surface area contributed by atoms with Crippen molar-refractivity contribution in [1.29, 1.82) is 0 Å². The smallest absolute Gasteiger partial charge is 0.258 e. The first kappa shape index (κ1) is 14.2. The third kappa shape index (κ3) is 2.53. The Kier molecular flexibility index (Phi) is 3.56. The van der Waals surface area contributed by atoms with E-state index in [1.54, 1.807) is 24.3 Å². The monoisotopic (exact) mass is 318 g/mol. The Labute approximate surface area is 128 Å². The van der Waals surface area contributed by atoms with Crippen LogP contribution in [-0.2, 0) is 0 Å². The standard InChI is InChI=1S/C14H8ClFN4O2/c15-10-3-1-2-9(6-10)14-17-8-18-19(14)11-4-5-12(16)13(7-11)20(21)22/h1-8H. The molecule has 22 heavy (non-hydrogen) atoms. The van der Waals surface area contributed by atoms with Gasteiger partial charge in [-0.1, -0.05) is 23.7 Å². The minimum Gasteiger partial charge on any atom is -0.258 e. The van der Waals surface area contributed by atoms with Crippen molar-refractivity contribution in [3.8, 4) is 17.1 Å². The zero-order chi connectivity index (χ0) is 15.7. The van der Waals surface area contributed by atoms with Crippen molar-refractivity contribution in [2.75, 3.05) is 0 Å². The summed E-state index contributed by atoms with van der Waals surface area (Å²) in [4.78, 5) is 14.2. The van der Waals surface area contributed by atoms with E-state index in [4.69, 9.17) is 11.6 Å². The van der Waals surface area contributed by atoms with Crippen molar-refractivity contribution in [3.05, 3.63) is 69.7 Å². The molecule has 3 aromatic rings. The zero-order valence-electron chi connectivity index (χ0n) is 11.0. The predicted molar refractivity (Wildman–Crippen MR) is 78.4 cm³/mol. The van der Waals surface area contributed by atoms with Crippen molar-refractivity contribution < 1.29 is 9.31 Å². The van der Waals surface area contributed by atoms with Gasteiger partial charge in [0.1, 0.15) is 6.33 Å². The molecule has 6 nitrogen and oxygen atoms in total. The number of nitrogens with zero attached hydrogens (tertiary/aromatic N) is 4. The van der Waals surface area contributed by atoms with Gasteiger partial charge in [0.2, 0.25) is 5.82 Å². The molecule has 0 unspecified atom stereocenters. The molecule has 0 aliphatic heterocycles. The summed E-state index contributed by atoms with van der Waals surface area (Å²) in [6.45, 7) is 0. The second kappa shape index (κ2) is 5.53. The first-order valence-electron chi connectivity index (χ1n) is 6.16. The fourth-order valence-electron chi connectivity index (χ4n) is 2.03. The van der Waals surface area contributed by atoms with Gasteiger partial charge in [-0.15, -0.1) is 0 Å². The Morgan fingerprint density at radius 1 is 1.23 bits per heavy atom. The third-order valence-electron chi connectivity index (χ3n) is 3.00. The topological polar surface area (TPSA) is 73.8 Å². The fourth-order valence-corrected chi connectivity index (χ4v) is 2.22. The molecule has 0 saturated carbocycles. The summed E-state index contributed by atoms with van der Waals surface area (Å²) in [5, 5.41) is 15.4. The summed E-state index contributed by atoms with van der Waals surface area (Å²) in [7, 11) is 0. The van der Waals surface area contributed by atoms with E-state index in [0.717, 1.165) is 12.1 Å². The maximum absolute atomic E-state index is 13.4. The van der Waals surface area contributed by atoms with Crippen LogP contribution < -0.4 is 0 Å². The number of hydrogen-bond acceptors (Lipinski definition) is 4. The summed E-state index contributed by atoms with van der Waals surface area (Å²) in [5.74, 6) is -0.457. The van der Waals surface area contributed by atoms with Crippen LogP contribution in [0.25, 0.3) is 17.1 Å². The van der Waals surface area contributed by atoms with E-state index in [1.807, 2.05) is 0 Å². The number of rotatable bonds is 3. The average Bonchev–Trinajstić information content (AvgIpc) is 2.97. The summed E-state index contributed by atoms with van der Waals surface area (Å²) in [5.41, 5.74) is 0.405. The molecule has 0 aliphatic carbocycles. The van der Waals surface area contributed by atoms with Crippen molar-refractivity contribution >= 4 is 17.3 Å². The molecule has 0 spiro atoms. The van der Waals surface area contributed by atoms with Crippen LogP contribution in [0.3, 0.4) is 0 Å². The quantitative estimate of drug-likeness (QED) is 0.546. The van der Waals surface area contributed by atoms with Crippen LogP contribution in [0.4, 0.5) is 10.1 Å². The highest BCUT2D eigenvalue weighted by Crippen LogP contribution is 2.25. The van der Waals surface area contributed by atoms with Gasteiger partial charge < -0.3 is 0 Å². The minimum atomic E-state index is -0.904. The van der Waals surface area contributed by atoms with Crippen LogP contribution in [0.15, 0.2) is 48.8 Å². The number of aromatic nitrogens is 3. The van der Waals surface area contributed by atoms with E-state index in [9.17, 15) is 14.5 Å². The Balaban J connectivity index is 2.13. The van der Waals surface area contributed by atoms with Crippen molar-refractivity contribution in [3.63, 3.8) is 0 Å². The molecule has 1 aromatic heterocycles. The normalized spacial score (nSPS) is 10.6. The number of nitro benzene ring substituents is 1. The summed E-state index contributed by atoms with van der Waals surface area (Å²) >= 11 is 5.95. The summed E-state index contributed by atoms with van der Waals surface area (Å²) in [6.07, 6.45) is 1.31. The van der Waals surface area contributed by atoms with Gasteiger partial charge in [-0.05, 0) is 24.3 Å². The van der Waals surface area contributed by atoms with Gasteiger partial charge in [0.05, 0.1) is 10.6 Å². The van der Waals surface area contributed by atoms with Gasteiger partial charge in [-0.3, -0.25) is 10.1 Å². The lowest BCUT2D eigenvalue weighted by Crippen LogP contribution is -2.02. The lowest BCUT2D eigenvalue weighted by molar-refractivity contribution is -0.387. The SMILES string of the molecule is O=[N+]([O-])c1cc(-n2ncnc2-c2cccc(Cl)c2)ccc1F. The van der Waals surface area contributed by atoms with E-state index in [1.165, 1.54) is 17.1 Å². The molecular weight excluding hydrogens is 311 g/mol. The van der Waals surface area contributed by atoms with Gasteiger partial charge in [-0.25, -0.2) is 9.67 Å². The van der Waals surface area contributed by atoms with Gasteiger partial charge >= 0.3 is 5.69 Å². The second-order valence-electron chi connectivity index (χ2n) is 4.40. The highest BCUT2D eigenvalue weighted by atomic mass is 35.5. The molecule has 0 amide bonds. The van der Waals surface area contributed by atoms with E-state index in [2.05, 4.69) is 10.1 Å². The molecule has 0 saturated heterocycles. The fraction of sp³-hybridized carbons (Fsp3) is 0. The van der Waals surface area contributed by atoms with E-state index >= 15 is 0 Å². The maximum atomic E-state index is 13.4. The average molecular weight is 319 g/mol. The lowest BCUT2D eigenvalue weighted by atomic mass is 10.2. The number of benzene rings is 2. The van der Waals surface area contributed by atoms with Crippen LogP contribution in [0.2, 0.25) is 5.02 Å². The van der Waals surface area contributed by atoms with Crippen molar-refractivity contribution in [2.24, 2.45) is 0 Å². The third-order valence-corrected chi connectivity index (χ3v) is 3.24. The Hall–Kier alpha value is -2.80. The van der Waals surface area contributed by atoms with E-state index < -0.39 is 16.4 Å². The largest absolute Gasteiger partial charge is 0.306 e. The lowest BCUT2D eigenvalue weighted by Gasteiger charge is -2.06. The highest BCUT2D eigenvalue weighted by molar-refractivity contribution is 6.30. The Morgan fingerprint density at radius 2 is 2.05 bits per heavy atom. The van der Waals surface area contributed by atoms with Gasteiger partial charge in [0, 0.05) is 16.7 Å². The first-order valence-corrected chi connectivity index (χ1v) is 6.54. The van der Waals surface area contributed by atoms with Gasteiger partial charge in [-0.2, -0.15) is 9.49 Å². The molecule has 0 radical (unpaired) electrons. The molecule has 3 rings (SSSR count). The first-order chi connectivity index (χ1) is 10.6. The van der Waals surface area contributed by atoms with Crippen LogP contribution in [-0.4, -0.2) is 19.7 Å². The number of nitro groups is 1. The number of halogens is 2. The van der Waals surface area contributed by atoms with E-state index in [0.29, 0.717) is 22.1 Å². The predicted octanol–water partition coefficient (Wildman–Crippen LogP) is 3.64. The molecule has 0 N–H and O–H groups in total. The van der Waals surface area contributed by atoms with Gasteiger partial charge in [0.15, 0.2) is 5.82 Å². The Morgan fingerprint density at radius 3 is 2.77 bits per heavy atom. The molecule has 0 bridgehead atoms.